The van der Waals surface area contributed by atoms with Gasteiger partial charge < -0.3 is 30.7 Å². The number of amides is 2. The molecule has 0 saturated carbocycles. The monoisotopic (exact) mass is 492 g/mol. The Bertz CT molecular complexity index is 1070. The predicted molar refractivity (Wildman–Crippen MR) is 137 cm³/mol. The Balaban J connectivity index is 1.58. The van der Waals surface area contributed by atoms with Gasteiger partial charge in [0.2, 0.25) is 11.8 Å². The third kappa shape index (κ3) is 5.50. The lowest BCUT2D eigenvalue weighted by molar-refractivity contribution is -0.134. The molecule has 4 N–H and O–H groups in total. The second-order valence-corrected chi connectivity index (χ2v) is 9.96. The number of nitrogens with zero attached hydrogens (tertiary/aromatic N) is 1. The number of carbonyl (C=O) groups is 2. The van der Waals surface area contributed by atoms with E-state index >= 15 is 0 Å². The van der Waals surface area contributed by atoms with Gasteiger partial charge in [-0.1, -0.05) is 18.2 Å². The number of benzene rings is 2. The minimum absolute atomic E-state index is 0.0193. The number of phenols is 1. The summed E-state index contributed by atoms with van der Waals surface area (Å²) >= 11 is 0. The first kappa shape index (κ1) is 24.6. The quantitative estimate of drug-likeness (QED) is 0.488. The van der Waals surface area contributed by atoms with Crippen molar-refractivity contribution in [2.75, 3.05) is 39.3 Å². The highest BCUT2D eigenvalue weighted by atomic mass is 16.5. The maximum atomic E-state index is 14.2. The summed E-state index contributed by atoms with van der Waals surface area (Å²) in [7, 11) is 0. The van der Waals surface area contributed by atoms with E-state index in [1.54, 1.807) is 12.1 Å². The molecular formula is C28H36N4O4. The van der Waals surface area contributed by atoms with Crippen molar-refractivity contribution in [3.05, 3.63) is 59.2 Å². The second kappa shape index (κ2) is 11.3. The highest BCUT2D eigenvalue weighted by Crippen LogP contribution is 2.48. The van der Waals surface area contributed by atoms with Crippen LogP contribution in [0.2, 0.25) is 0 Å². The van der Waals surface area contributed by atoms with Crippen LogP contribution in [0.5, 0.6) is 11.5 Å². The second-order valence-electron chi connectivity index (χ2n) is 9.96. The number of aromatic hydroxyl groups is 1. The van der Waals surface area contributed by atoms with Crippen LogP contribution >= 0.6 is 0 Å². The number of nitrogens with one attached hydrogen (secondary N) is 3. The molecular weight excluding hydrogens is 456 g/mol. The smallest absolute Gasteiger partial charge is 0.234 e. The molecule has 0 radical (unpaired) electrons. The zero-order chi connectivity index (χ0) is 24.9. The van der Waals surface area contributed by atoms with Crippen LogP contribution in [-0.4, -0.2) is 61.1 Å². The topological polar surface area (TPSA) is 103 Å². The van der Waals surface area contributed by atoms with Crippen LogP contribution in [-0.2, 0) is 9.59 Å². The Morgan fingerprint density at radius 2 is 1.58 bits per heavy atom. The van der Waals surface area contributed by atoms with E-state index < -0.39 is 12.0 Å². The zero-order valence-corrected chi connectivity index (χ0v) is 20.7. The van der Waals surface area contributed by atoms with Crippen LogP contribution in [0.25, 0.3) is 0 Å². The summed E-state index contributed by atoms with van der Waals surface area (Å²) in [6.07, 6.45) is 3.52. The third-order valence-corrected chi connectivity index (χ3v) is 7.40. The average molecular weight is 493 g/mol. The Morgan fingerprint density at radius 3 is 2.42 bits per heavy atom. The highest BCUT2D eigenvalue weighted by molar-refractivity contribution is 5.87. The molecule has 2 aromatic carbocycles. The molecule has 2 amide bonds. The summed E-state index contributed by atoms with van der Waals surface area (Å²) in [5, 5.41) is 20.0. The van der Waals surface area contributed by atoms with E-state index in [4.69, 9.17) is 4.74 Å². The maximum absolute atomic E-state index is 14.2. The Kier molecular flexibility index (Phi) is 7.72. The van der Waals surface area contributed by atoms with Gasteiger partial charge in [0, 0.05) is 37.7 Å². The van der Waals surface area contributed by atoms with E-state index in [0.29, 0.717) is 38.2 Å². The normalized spacial score (nSPS) is 25.8. The summed E-state index contributed by atoms with van der Waals surface area (Å²) < 4.78 is 6.40. The number of hydrogen-bond acceptors (Lipinski definition) is 6. The van der Waals surface area contributed by atoms with Gasteiger partial charge in [-0.15, -0.1) is 0 Å². The lowest BCUT2D eigenvalue weighted by atomic mass is 9.87. The molecule has 3 heterocycles. The van der Waals surface area contributed by atoms with E-state index in [9.17, 15) is 14.7 Å². The molecule has 192 valence electrons. The van der Waals surface area contributed by atoms with Crippen molar-refractivity contribution in [2.45, 2.75) is 50.2 Å². The van der Waals surface area contributed by atoms with Gasteiger partial charge in [0.05, 0.1) is 0 Å². The highest BCUT2D eigenvalue weighted by Gasteiger charge is 2.43. The van der Waals surface area contributed by atoms with Gasteiger partial charge >= 0.3 is 0 Å². The summed E-state index contributed by atoms with van der Waals surface area (Å²) in [5.74, 6) is 0.461. The first-order valence-corrected chi connectivity index (χ1v) is 13.2. The first-order chi connectivity index (χ1) is 17.6. The number of hydrogen-bond donors (Lipinski definition) is 4. The molecule has 0 aliphatic carbocycles. The van der Waals surface area contributed by atoms with Crippen LogP contribution in [0.15, 0.2) is 42.5 Å². The van der Waals surface area contributed by atoms with Crippen molar-refractivity contribution in [1.82, 2.24) is 20.9 Å². The molecule has 0 saturated heterocycles. The number of phenolic OH excluding ortho intramolecular Hbond substituents is 1. The van der Waals surface area contributed by atoms with E-state index in [-0.39, 0.29) is 23.6 Å². The summed E-state index contributed by atoms with van der Waals surface area (Å²) in [6, 6.07) is 12.8. The van der Waals surface area contributed by atoms with Crippen molar-refractivity contribution in [3.8, 4) is 11.5 Å². The van der Waals surface area contributed by atoms with Crippen LogP contribution in [0.3, 0.4) is 0 Å². The van der Waals surface area contributed by atoms with Gasteiger partial charge in [-0.2, -0.15) is 0 Å². The standard InChI is InChI=1S/C28H36N4O4/c33-21-8-5-19(6-9-21)27-26-22-17-20(7-10-24(22)36-27)23-18-25(34)31-14-4-16-32(28(26)35)15-3-12-29-11-1-2-13-30-23/h5-10,17,23,26-27,29-30,33H,1-4,11-16,18H2,(H,31,34)/t23-,26-,27-/m0/s1. The molecule has 3 aliphatic rings. The fraction of sp³-hybridized carbons (Fsp3) is 0.500. The molecule has 0 unspecified atom stereocenters. The lowest BCUT2D eigenvalue weighted by Crippen LogP contribution is -2.40. The molecule has 36 heavy (non-hydrogen) atoms. The minimum atomic E-state index is -0.490. The van der Waals surface area contributed by atoms with Crippen molar-refractivity contribution >= 4 is 11.8 Å². The first-order valence-electron chi connectivity index (χ1n) is 13.2. The Labute approximate surface area is 212 Å². The minimum Gasteiger partial charge on any atom is -0.508 e. The van der Waals surface area contributed by atoms with Crippen LogP contribution in [0.1, 0.15) is 66.9 Å². The summed E-state index contributed by atoms with van der Waals surface area (Å²) in [5.41, 5.74) is 2.72. The van der Waals surface area contributed by atoms with Crippen molar-refractivity contribution in [1.29, 1.82) is 0 Å². The van der Waals surface area contributed by atoms with Crippen molar-refractivity contribution in [3.63, 3.8) is 0 Å². The summed E-state index contributed by atoms with van der Waals surface area (Å²) in [6.45, 7) is 4.39. The SMILES string of the molecule is O=C1C[C@@H]2NCCCCNCCCN(CCCN1)C(=O)[C@H]1c3cc2ccc3O[C@H]1c1ccc(O)cc1. The lowest BCUT2D eigenvalue weighted by Gasteiger charge is -2.28. The zero-order valence-electron chi connectivity index (χ0n) is 20.7. The van der Waals surface area contributed by atoms with E-state index in [1.807, 2.05) is 29.2 Å². The average Bonchev–Trinajstić information content (AvgIpc) is 3.26. The van der Waals surface area contributed by atoms with Crippen LogP contribution in [0, 0.1) is 0 Å². The van der Waals surface area contributed by atoms with Crippen LogP contribution < -0.4 is 20.7 Å². The van der Waals surface area contributed by atoms with Crippen molar-refractivity contribution < 1.29 is 19.4 Å². The number of ether oxygens (including phenoxy) is 1. The number of carbonyl (C=O) groups excluding carboxylic acids is 2. The van der Waals surface area contributed by atoms with E-state index in [1.165, 1.54) is 0 Å². The van der Waals surface area contributed by atoms with Crippen molar-refractivity contribution in [2.24, 2.45) is 0 Å². The van der Waals surface area contributed by atoms with Gasteiger partial charge in [0.15, 0.2) is 0 Å². The molecule has 8 nitrogen and oxygen atoms in total. The fourth-order valence-corrected chi connectivity index (χ4v) is 5.45. The maximum Gasteiger partial charge on any atom is 0.234 e. The molecule has 0 aromatic heterocycles. The summed E-state index contributed by atoms with van der Waals surface area (Å²) in [4.78, 5) is 28.9. The molecule has 0 fully saturated rings. The van der Waals surface area contributed by atoms with Gasteiger partial charge in [0.25, 0.3) is 0 Å². The Morgan fingerprint density at radius 1 is 0.861 bits per heavy atom. The fourth-order valence-electron chi connectivity index (χ4n) is 5.45. The molecule has 4 bridgehead atoms. The van der Waals surface area contributed by atoms with Gasteiger partial charge in [-0.05, 0) is 80.7 Å². The third-order valence-electron chi connectivity index (χ3n) is 7.40. The van der Waals surface area contributed by atoms with E-state index in [0.717, 1.165) is 55.6 Å². The predicted octanol–water partition coefficient (Wildman–Crippen LogP) is 2.75. The molecule has 8 heteroatoms. The van der Waals surface area contributed by atoms with Gasteiger partial charge in [0.1, 0.15) is 23.5 Å². The molecule has 5 rings (SSSR count). The number of fused-ring (bicyclic) bond motifs is 1. The van der Waals surface area contributed by atoms with Gasteiger partial charge in [-0.25, -0.2) is 0 Å². The Hall–Kier alpha value is -3.10. The molecule has 3 atom stereocenters. The molecule has 0 spiro atoms. The van der Waals surface area contributed by atoms with E-state index in [2.05, 4.69) is 22.0 Å². The number of rotatable bonds is 1. The molecule has 2 aromatic rings. The van der Waals surface area contributed by atoms with Gasteiger partial charge in [-0.3, -0.25) is 9.59 Å². The van der Waals surface area contributed by atoms with Crippen LogP contribution in [0.4, 0.5) is 0 Å². The molecule has 3 aliphatic heterocycles. The largest absolute Gasteiger partial charge is 0.508 e.